The van der Waals surface area contributed by atoms with Crippen molar-refractivity contribution in [2.45, 2.75) is 19.9 Å². The molecule has 0 atom stereocenters. The maximum atomic E-state index is 11.7. The number of rotatable bonds is 6. The van der Waals surface area contributed by atoms with Gasteiger partial charge in [0.15, 0.2) is 0 Å². The van der Waals surface area contributed by atoms with Gasteiger partial charge in [-0.2, -0.15) is 0 Å². The molecule has 0 aromatic carbocycles. The first kappa shape index (κ1) is 16.1. The molecule has 0 aliphatic heterocycles. The van der Waals surface area contributed by atoms with E-state index in [9.17, 15) is 14.4 Å². The molecule has 102 valence electrons. The molecule has 7 nitrogen and oxygen atoms in total. The van der Waals surface area contributed by atoms with E-state index in [0.717, 1.165) is 6.08 Å². The van der Waals surface area contributed by atoms with Gasteiger partial charge in [-0.1, -0.05) is 0 Å². The Kier molecular flexibility index (Phi) is 7.37. The number of hydrogen-bond donors (Lipinski definition) is 2. The number of carbonyl (C=O) groups is 3. The Morgan fingerprint density at radius 1 is 1.33 bits per heavy atom. The molecule has 0 heterocycles. The summed E-state index contributed by atoms with van der Waals surface area (Å²) >= 11 is 0. The Bertz CT molecular complexity index is 338. The second-order valence-electron chi connectivity index (χ2n) is 3.75. The summed E-state index contributed by atoms with van der Waals surface area (Å²) in [5.41, 5.74) is 0. The molecule has 0 bridgehead atoms. The zero-order valence-corrected chi connectivity index (χ0v) is 10.7. The van der Waals surface area contributed by atoms with Crippen LogP contribution in [0.4, 0.5) is 4.79 Å². The van der Waals surface area contributed by atoms with Crippen LogP contribution in [-0.2, 0) is 14.3 Å². The molecule has 0 rings (SSSR count). The fourth-order valence-corrected chi connectivity index (χ4v) is 1.15. The summed E-state index contributed by atoms with van der Waals surface area (Å²) in [5.74, 6) is -2.02. The van der Waals surface area contributed by atoms with E-state index >= 15 is 0 Å². The SMILES string of the molecule is COCCN(C(=O)NC(=O)/C=C/C(=O)O)C(C)C. The summed E-state index contributed by atoms with van der Waals surface area (Å²) in [6, 6.07) is -0.682. The first-order chi connectivity index (χ1) is 8.38. The molecule has 7 heteroatoms. The number of nitrogens with one attached hydrogen (secondary N) is 1. The van der Waals surface area contributed by atoms with Crippen molar-refractivity contribution in [3.8, 4) is 0 Å². The van der Waals surface area contributed by atoms with E-state index in [2.05, 4.69) is 5.32 Å². The van der Waals surface area contributed by atoms with Crippen LogP contribution in [0.2, 0.25) is 0 Å². The number of ether oxygens (including phenoxy) is 1. The smallest absolute Gasteiger partial charge is 0.328 e. The number of carbonyl (C=O) groups excluding carboxylic acids is 2. The molecular weight excluding hydrogens is 240 g/mol. The van der Waals surface area contributed by atoms with Crippen molar-refractivity contribution < 1.29 is 24.2 Å². The van der Waals surface area contributed by atoms with E-state index in [0.29, 0.717) is 19.2 Å². The van der Waals surface area contributed by atoms with Crippen LogP contribution in [0.3, 0.4) is 0 Å². The van der Waals surface area contributed by atoms with Gasteiger partial charge in [0.25, 0.3) is 5.91 Å². The minimum absolute atomic E-state index is 0.101. The Morgan fingerprint density at radius 3 is 2.39 bits per heavy atom. The molecule has 0 aliphatic rings. The minimum atomic E-state index is -1.25. The average Bonchev–Trinajstić information content (AvgIpc) is 2.26. The van der Waals surface area contributed by atoms with Crippen molar-refractivity contribution in [1.29, 1.82) is 0 Å². The highest BCUT2D eigenvalue weighted by Gasteiger charge is 2.17. The van der Waals surface area contributed by atoms with Gasteiger partial charge in [-0.25, -0.2) is 9.59 Å². The highest BCUT2D eigenvalue weighted by atomic mass is 16.5. The van der Waals surface area contributed by atoms with Crippen molar-refractivity contribution >= 4 is 17.9 Å². The molecule has 0 unspecified atom stereocenters. The molecule has 0 saturated heterocycles. The van der Waals surface area contributed by atoms with Crippen molar-refractivity contribution in [3.63, 3.8) is 0 Å². The van der Waals surface area contributed by atoms with Gasteiger partial charge in [0, 0.05) is 31.8 Å². The van der Waals surface area contributed by atoms with Gasteiger partial charge in [0.1, 0.15) is 0 Å². The molecule has 0 fully saturated rings. The first-order valence-electron chi connectivity index (χ1n) is 5.40. The van der Waals surface area contributed by atoms with E-state index < -0.39 is 17.9 Å². The number of amides is 3. The molecule has 0 aliphatic carbocycles. The van der Waals surface area contributed by atoms with Crippen LogP contribution in [-0.4, -0.2) is 54.2 Å². The standard InChI is InChI=1S/C11H18N2O5/c1-8(2)13(6-7-18-3)11(17)12-9(14)4-5-10(15)16/h4-5,8H,6-7H2,1-3H3,(H,15,16)(H,12,14,17)/b5-4+. The van der Waals surface area contributed by atoms with E-state index in [4.69, 9.17) is 9.84 Å². The van der Waals surface area contributed by atoms with Gasteiger partial charge in [0.05, 0.1) is 6.61 Å². The van der Waals surface area contributed by atoms with E-state index in [1.165, 1.54) is 12.0 Å². The Balaban J connectivity index is 4.41. The zero-order valence-electron chi connectivity index (χ0n) is 10.7. The molecule has 18 heavy (non-hydrogen) atoms. The van der Waals surface area contributed by atoms with E-state index in [1.807, 2.05) is 0 Å². The second kappa shape index (κ2) is 8.24. The van der Waals surface area contributed by atoms with Crippen LogP contribution in [0.1, 0.15) is 13.8 Å². The number of urea groups is 1. The lowest BCUT2D eigenvalue weighted by atomic mass is 10.3. The highest BCUT2D eigenvalue weighted by molar-refractivity contribution is 6.02. The Hall–Kier alpha value is -1.89. The maximum Gasteiger partial charge on any atom is 0.328 e. The van der Waals surface area contributed by atoms with Gasteiger partial charge >= 0.3 is 12.0 Å². The monoisotopic (exact) mass is 258 g/mol. The topological polar surface area (TPSA) is 95.9 Å². The Labute approximate surface area is 105 Å². The van der Waals surface area contributed by atoms with Crippen molar-refractivity contribution in [3.05, 3.63) is 12.2 Å². The van der Waals surface area contributed by atoms with Gasteiger partial charge in [-0.3, -0.25) is 10.1 Å². The molecule has 0 aromatic heterocycles. The number of carboxylic acids is 1. The van der Waals surface area contributed by atoms with Crippen molar-refractivity contribution in [2.75, 3.05) is 20.3 Å². The van der Waals surface area contributed by atoms with Crippen LogP contribution in [0.5, 0.6) is 0 Å². The van der Waals surface area contributed by atoms with Gasteiger partial charge in [-0.15, -0.1) is 0 Å². The molecule has 3 amide bonds. The summed E-state index contributed by atoms with van der Waals surface area (Å²) in [6.45, 7) is 4.29. The number of methoxy groups -OCH3 is 1. The van der Waals surface area contributed by atoms with Crippen LogP contribution in [0.15, 0.2) is 12.2 Å². The lowest BCUT2D eigenvalue weighted by molar-refractivity contribution is -0.131. The summed E-state index contributed by atoms with van der Waals surface area (Å²) in [5, 5.41) is 10.4. The maximum absolute atomic E-state index is 11.7. The average molecular weight is 258 g/mol. The lowest BCUT2D eigenvalue weighted by Crippen LogP contribution is -2.47. The fourth-order valence-electron chi connectivity index (χ4n) is 1.15. The molecule has 0 saturated carbocycles. The molecule has 0 spiro atoms. The largest absolute Gasteiger partial charge is 0.478 e. The first-order valence-corrected chi connectivity index (χ1v) is 5.40. The van der Waals surface area contributed by atoms with Crippen LogP contribution in [0, 0.1) is 0 Å². The number of hydrogen-bond acceptors (Lipinski definition) is 4. The van der Waals surface area contributed by atoms with Gasteiger partial charge in [-0.05, 0) is 13.8 Å². The van der Waals surface area contributed by atoms with Crippen LogP contribution < -0.4 is 5.32 Å². The van der Waals surface area contributed by atoms with Crippen molar-refractivity contribution in [1.82, 2.24) is 10.2 Å². The normalized spacial score (nSPS) is 10.7. The lowest BCUT2D eigenvalue weighted by Gasteiger charge is -2.25. The van der Waals surface area contributed by atoms with Crippen LogP contribution in [0.25, 0.3) is 0 Å². The van der Waals surface area contributed by atoms with Crippen LogP contribution >= 0.6 is 0 Å². The number of nitrogens with zero attached hydrogens (tertiary/aromatic N) is 1. The number of carboxylic acid groups (broad SMARTS) is 1. The third kappa shape index (κ3) is 6.64. The van der Waals surface area contributed by atoms with Gasteiger partial charge in [0.2, 0.25) is 0 Å². The minimum Gasteiger partial charge on any atom is -0.478 e. The summed E-state index contributed by atoms with van der Waals surface area (Å²) in [7, 11) is 1.51. The van der Waals surface area contributed by atoms with Gasteiger partial charge < -0.3 is 14.7 Å². The second-order valence-corrected chi connectivity index (χ2v) is 3.75. The zero-order chi connectivity index (χ0) is 14.1. The predicted octanol–water partition coefficient (Wildman–Crippen LogP) is 0.220. The molecule has 2 N–H and O–H groups in total. The predicted molar refractivity (Wildman–Crippen MR) is 64.0 cm³/mol. The molecule has 0 radical (unpaired) electrons. The summed E-state index contributed by atoms with van der Waals surface area (Å²) in [6.07, 6.45) is 1.45. The highest BCUT2D eigenvalue weighted by Crippen LogP contribution is 1.98. The van der Waals surface area contributed by atoms with E-state index in [-0.39, 0.29) is 6.04 Å². The summed E-state index contributed by atoms with van der Waals surface area (Å²) in [4.78, 5) is 34.5. The molecule has 0 aromatic rings. The quantitative estimate of drug-likeness (QED) is 0.664. The third-order valence-electron chi connectivity index (χ3n) is 2.03. The molecular formula is C11H18N2O5. The van der Waals surface area contributed by atoms with Crippen molar-refractivity contribution in [2.24, 2.45) is 0 Å². The number of aliphatic carboxylic acids is 1. The van der Waals surface area contributed by atoms with E-state index in [1.54, 1.807) is 13.8 Å². The fraction of sp³-hybridized carbons (Fsp3) is 0.545. The summed E-state index contributed by atoms with van der Waals surface area (Å²) < 4.78 is 4.86. The third-order valence-corrected chi connectivity index (χ3v) is 2.03. The Morgan fingerprint density at radius 2 is 1.94 bits per heavy atom. The number of imide groups is 1.